The zero-order valence-corrected chi connectivity index (χ0v) is 19.6. The summed E-state index contributed by atoms with van der Waals surface area (Å²) in [5.41, 5.74) is 0.534. The highest BCUT2D eigenvalue weighted by Gasteiger charge is 2.96. The molecule has 0 heterocycles. The highest BCUT2D eigenvalue weighted by atomic mass is 32.2. The van der Waals surface area contributed by atoms with Gasteiger partial charge in [-0.2, -0.15) is 83.1 Å². The van der Waals surface area contributed by atoms with E-state index >= 15 is 0 Å². The van der Waals surface area contributed by atoms with E-state index in [9.17, 15) is 83.1 Å². The summed E-state index contributed by atoms with van der Waals surface area (Å²) in [4.78, 5) is 0. The van der Waals surface area contributed by atoms with Crippen LogP contribution in [0.15, 0.2) is 54.6 Å². The van der Waals surface area contributed by atoms with Gasteiger partial charge in [-0.3, -0.25) is 0 Å². The van der Waals surface area contributed by atoms with Crippen molar-refractivity contribution in [3.63, 3.8) is 0 Å². The van der Waals surface area contributed by atoms with Gasteiger partial charge >= 0.3 is 57.1 Å². The Labute approximate surface area is 216 Å². The minimum absolute atomic E-state index is 0.164. The lowest BCUT2D eigenvalue weighted by Gasteiger charge is -2.42. The maximum absolute atomic E-state index is 14.1. The van der Waals surface area contributed by atoms with Gasteiger partial charge in [-0.15, -0.1) is 0 Å². The first kappa shape index (κ1) is 34.2. The van der Waals surface area contributed by atoms with Crippen molar-refractivity contribution in [2.45, 2.75) is 47.0 Å². The van der Waals surface area contributed by atoms with Crippen LogP contribution < -0.4 is 4.18 Å². The number of hydrogen-bond acceptors (Lipinski definition) is 3. The van der Waals surface area contributed by atoms with Crippen molar-refractivity contribution in [3.05, 3.63) is 54.6 Å². The summed E-state index contributed by atoms with van der Waals surface area (Å²) in [7, 11) is -7.68. The molecule has 3 nitrogen and oxygen atoms in total. The third-order valence-electron chi connectivity index (χ3n) is 5.17. The van der Waals surface area contributed by atoms with Crippen LogP contribution in [0.2, 0.25) is 0 Å². The van der Waals surface area contributed by atoms with Crippen LogP contribution in [0.1, 0.15) is 0 Å². The van der Waals surface area contributed by atoms with Crippen LogP contribution in [0.25, 0.3) is 11.1 Å². The van der Waals surface area contributed by atoms with Gasteiger partial charge < -0.3 is 4.18 Å². The van der Waals surface area contributed by atoms with Gasteiger partial charge in [0.05, 0.1) is 0 Å². The first-order valence-corrected chi connectivity index (χ1v) is 11.3. The molecule has 0 bridgehead atoms. The molecule has 0 radical (unpaired) electrons. The molecule has 0 spiro atoms. The smallest absolute Gasteiger partial charge is 0.378 e. The molecule has 0 unspecified atom stereocenters. The summed E-state index contributed by atoms with van der Waals surface area (Å²) in [6, 6.07) is 9.95. The van der Waals surface area contributed by atoms with E-state index in [1.807, 2.05) is 0 Å². The first-order valence-electron chi connectivity index (χ1n) is 9.85. The molecule has 21 heteroatoms. The number of rotatable bonds is 10. The van der Waals surface area contributed by atoms with Crippen LogP contribution in [0.4, 0.5) is 74.6 Å². The van der Waals surface area contributed by atoms with Gasteiger partial charge in [-0.05, 0) is 23.3 Å². The molecule has 0 atom stereocenters. The Morgan fingerprint density at radius 3 is 1.17 bits per heavy atom. The lowest BCUT2D eigenvalue weighted by atomic mass is 9.91. The van der Waals surface area contributed by atoms with Gasteiger partial charge in [0, 0.05) is 0 Å². The number of halogens is 17. The van der Waals surface area contributed by atoms with E-state index in [2.05, 4.69) is 4.18 Å². The number of benzene rings is 2. The van der Waals surface area contributed by atoms with Crippen molar-refractivity contribution < 1.29 is 87.2 Å². The topological polar surface area (TPSA) is 43.4 Å². The zero-order chi connectivity index (χ0) is 32.3. The monoisotopic (exact) mass is 652 g/mol. The highest BCUT2D eigenvalue weighted by molar-refractivity contribution is 7.88. The maximum Gasteiger partial charge on any atom is 0.460 e. The Morgan fingerprint density at radius 1 is 0.439 bits per heavy atom. The number of hydrogen-bond donors (Lipinski definition) is 0. The molecule has 0 saturated carbocycles. The summed E-state index contributed by atoms with van der Waals surface area (Å²) in [5.74, 6) is -53.4. The van der Waals surface area contributed by atoms with Crippen molar-refractivity contribution >= 4 is 10.1 Å². The molecular weight excluding hydrogens is 643 g/mol. The Morgan fingerprint density at radius 2 is 0.780 bits per heavy atom. The molecule has 41 heavy (non-hydrogen) atoms. The molecule has 232 valence electrons. The fourth-order valence-electron chi connectivity index (χ4n) is 2.82. The average molecular weight is 652 g/mol. The van der Waals surface area contributed by atoms with Gasteiger partial charge in [0.1, 0.15) is 5.75 Å². The molecule has 0 aliphatic carbocycles. The molecule has 0 aromatic heterocycles. The summed E-state index contributed by atoms with van der Waals surface area (Å²) >= 11 is 0. The standard InChI is InChI=1S/C20H9F17O3S/c21-13(22,15(25,26)17(29,30)19(33,34)35)14(23,24)16(27,28)18(31,32)20(36,37)41(38,39)40-12-8-6-11(7-9-12)10-4-2-1-3-5-10/h1-9H. The Kier molecular flexibility index (Phi) is 8.16. The van der Waals surface area contributed by atoms with Gasteiger partial charge in [0.25, 0.3) is 0 Å². The van der Waals surface area contributed by atoms with Crippen LogP contribution in [0.3, 0.4) is 0 Å². The second-order valence-electron chi connectivity index (χ2n) is 7.89. The normalized spacial score (nSPS) is 15.1. The van der Waals surface area contributed by atoms with E-state index in [1.165, 1.54) is 30.3 Å². The summed E-state index contributed by atoms with van der Waals surface area (Å²) in [6.07, 6.45) is -7.90. The van der Waals surface area contributed by atoms with Crippen molar-refractivity contribution in [1.82, 2.24) is 0 Å². The maximum atomic E-state index is 14.1. The third-order valence-corrected chi connectivity index (χ3v) is 6.47. The van der Waals surface area contributed by atoms with Gasteiger partial charge in [0.15, 0.2) is 0 Å². The molecule has 0 aliphatic rings. The van der Waals surface area contributed by atoms with Crippen LogP contribution in [0.5, 0.6) is 5.75 Å². The molecule has 0 fully saturated rings. The second-order valence-corrected chi connectivity index (χ2v) is 9.48. The van der Waals surface area contributed by atoms with Crippen LogP contribution >= 0.6 is 0 Å². The molecule has 0 amide bonds. The van der Waals surface area contributed by atoms with E-state index < -0.39 is 62.8 Å². The van der Waals surface area contributed by atoms with Crippen LogP contribution in [-0.4, -0.2) is 55.4 Å². The fourth-order valence-corrected chi connectivity index (χ4v) is 3.73. The van der Waals surface area contributed by atoms with Crippen molar-refractivity contribution in [3.8, 4) is 16.9 Å². The van der Waals surface area contributed by atoms with Gasteiger partial charge in [0.2, 0.25) is 0 Å². The third kappa shape index (κ3) is 4.92. The quantitative estimate of drug-likeness (QED) is 0.193. The molecular formula is C20H9F17O3S. The lowest BCUT2D eigenvalue weighted by molar-refractivity contribution is -0.458. The Balaban J connectivity index is 2.53. The summed E-state index contributed by atoms with van der Waals surface area (Å²) < 4.78 is 254. The van der Waals surface area contributed by atoms with E-state index in [1.54, 1.807) is 0 Å². The van der Waals surface area contributed by atoms with Crippen molar-refractivity contribution in [2.24, 2.45) is 0 Å². The van der Waals surface area contributed by atoms with E-state index in [4.69, 9.17) is 0 Å². The molecule has 2 aromatic rings. The minimum atomic E-state index is -8.90. The molecule has 2 aromatic carbocycles. The summed E-state index contributed by atoms with van der Waals surface area (Å²) in [6.45, 7) is 0. The first-order chi connectivity index (χ1) is 18.0. The lowest BCUT2D eigenvalue weighted by Crippen LogP contribution is -2.75. The second kappa shape index (κ2) is 9.79. The predicted octanol–water partition coefficient (Wildman–Crippen LogP) is 8.03. The molecule has 0 N–H and O–H groups in total. The average Bonchev–Trinajstić information content (AvgIpc) is 2.83. The summed E-state index contributed by atoms with van der Waals surface area (Å²) in [5, 5.41) is -7.75. The van der Waals surface area contributed by atoms with Crippen molar-refractivity contribution in [1.29, 1.82) is 0 Å². The predicted molar refractivity (Wildman–Crippen MR) is 102 cm³/mol. The van der Waals surface area contributed by atoms with Crippen molar-refractivity contribution in [2.75, 3.05) is 0 Å². The highest BCUT2D eigenvalue weighted by Crippen LogP contribution is 2.64. The fraction of sp³-hybridized carbons (Fsp3) is 0.400. The molecule has 0 aliphatic heterocycles. The molecule has 2 rings (SSSR count). The SMILES string of the molecule is O=S(=O)(Oc1ccc(-c2ccccc2)cc1)C(F)(F)C(F)(F)C(F)(F)C(F)(F)C(F)(F)C(F)(F)C(F)(F)C(F)(F)F. The Hall–Kier alpha value is -3.00. The number of alkyl halides is 17. The Bertz CT molecular complexity index is 1340. The largest absolute Gasteiger partial charge is 0.460 e. The van der Waals surface area contributed by atoms with E-state index in [-0.39, 0.29) is 5.56 Å². The van der Waals surface area contributed by atoms with Crippen LogP contribution in [-0.2, 0) is 10.1 Å². The van der Waals surface area contributed by atoms with Gasteiger partial charge in [-0.25, -0.2) is 0 Å². The van der Waals surface area contributed by atoms with E-state index in [0.29, 0.717) is 17.7 Å². The zero-order valence-electron chi connectivity index (χ0n) is 18.8. The van der Waals surface area contributed by atoms with Gasteiger partial charge in [-0.1, -0.05) is 42.5 Å². The van der Waals surface area contributed by atoms with Crippen LogP contribution in [0, 0.1) is 0 Å². The molecule has 0 saturated heterocycles. The minimum Gasteiger partial charge on any atom is -0.378 e. The van der Waals surface area contributed by atoms with E-state index in [0.717, 1.165) is 12.1 Å².